The standard InChI is InChI=1S/C18H33N5O/c1-13(2)17-9-16(24-22-17)11-21-18(19-5)20-10-15-7-6-8-23(12-15)14(3)4/h9,13-15H,6-8,10-12H2,1-5H3,(H2,19,20,21). The monoisotopic (exact) mass is 335 g/mol. The average Bonchev–Trinajstić information content (AvgIpc) is 3.04. The van der Waals surface area contributed by atoms with Crippen molar-refractivity contribution in [1.82, 2.24) is 20.7 Å². The predicted molar refractivity (Wildman–Crippen MR) is 98.2 cm³/mol. The molecule has 136 valence electrons. The Balaban J connectivity index is 1.75. The van der Waals surface area contributed by atoms with Gasteiger partial charge in [0.25, 0.3) is 0 Å². The molecule has 0 saturated carbocycles. The first-order valence-corrected chi connectivity index (χ1v) is 9.13. The maximum atomic E-state index is 5.35. The lowest BCUT2D eigenvalue weighted by Crippen LogP contribution is -2.45. The first kappa shape index (κ1) is 18.8. The summed E-state index contributed by atoms with van der Waals surface area (Å²) in [6.45, 7) is 12.7. The molecule has 1 aliphatic heterocycles. The molecule has 2 rings (SSSR count). The maximum absolute atomic E-state index is 5.35. The van der Waals surface area contributed by atoms with Crippen LogP contribution in [0.1, 0.15) is 57.9 Å². The number of guanidine groups is 1. The van der Waals surface area contributed by atoms with Crippen molar-refractivity contribution in [2.45, 2.75) is 59.0 Å². The van der Waals surface area contributed by atoms with Crippen molar-refractivity contribution >= 4 is 5.96 Å². The van der Waals surface area contributed by atoms with Gasteiger partial charge < -0.3 is 20.1 Å². The molecule has 1 unspecified atom stereocenters. The molecule has 24 heavy (non-hydrogen) atoms. The first-order chi connectivity index (χ1) is 11.5. The Hall–Kier alpha value is -1.56. The van der Waals surface area contributed by atoms with Gasteiger partial charge in [-0.2, -0.15) is 0 Å². The molecule has 1 aromatic heterocycles. The Kier molecular flexibility index (Phi) is 7.09. The summed E-state index contributed by atoms with van der Waals surface area (Å²) in [4.78, 5) is 6.87. The Morgan fingerprint density at radius 2 is 2.17 bits per heavy atom. The van der Waals surface area contributed by atoms with Crippen LogP contribution in [0.2, 0.25) is 0 Å². The molecule has 2 heterocycles. The van der Waals surface area contributed by atoms with E-state index >= 15 is 0 Å². The van der Waals surface area contributed by atoms with Crippen LogP contribution in [0.5, 0.6) is 0 Å². The van der Waals surface area contributed by atoms with Crippen LogP contribution in [0, 0.1) is 5.92 Å². The van der Waals surface area contributed by atoms with Crippen molar-refractivity contribution in [2.24, 2.45) is 10.9 Å². The van der Waals surface area contributed by atoms with Gasteiger partial charge in [0.1, 0.15) is 0 Å². The fraction of sp³-hybridized carbons (Fsp3) is 0.778. The molecular weight excluding hydrogens is 302 g/mol. The molecule has 2 N–H and O–H groups in total. The fourth-order valence-electron chi connectivity index (χ4n) is 3.05. The molecule has 0 amide bonds. The highest BCUT2D eigenvalue weighted by Crippen LogP contribution is 2.17. The van der Waals surface area contributed by atoms with Crippen molar-refractivity contribution < 1.29 is 4.52 Å². The van der Waals surface area contributed by atoms with Gasteiger partial charge in [-0.3, -0.25) is 4.99 Å². The topological polar surface area (TPSA) is 65.7 Å². The van der Waals surface area contributed by atoms with Crippen LogP contribution in [0.4, 0.5) is 0 Å². The van der Waals surface area contributed by atoms with Crippen LogP contribution < -0.4 is 10.6 Å². The van der Waals surface area contributed by atoms with Crippen LogP contribution in [0.15, 0.2) is 15.6 Å². The van der Waals surface area contributed by atoms with Crippen molar-refractivity contribution in [3.63, 3.8) is 0 Å². The van der Waals surface area contributed by atoms with Crippen LogP contribution in [0.25, 0.3) is 0 Å². The second kappa shape index (κ2) is 9.06. The summed E-state index contributed by atoms with van der Waals surface area (Å²) in [6, 6.07) is 2.64. The molecule has 1 fully saturated rings. The number of piperidine rings is 1. The van der Waals surface area contributed by atoms with Gasteiger partial charge >= 0.3 is 0 Å². The summed E-state index contributed by atoms with van der Waals surface area (Å²) in [5.74, 6) is 2.72. The van der Waals surface area contributed by atoms with E-state index in [0.29, 0.717) is 24.4 Å². The van der Waals surface area contributed by atoms with Gasteiger partial charge in [0.05, 0.1) is 12.2 Å². The van der Waals surface area contributed by atoms with Crippen molar-refractivity contribution in [3.8, 4) is 0 Å². The molecule has 0 aromatic carbocycles. The number of nitrogens with one attached hydrogen (secondary N) is 2. The fourth-order valence-corrected chi connectivity index (χ4v) is 3.05. The normalized spacial score (nSPS) is 20.0. The second-order valence-corrected chi connectivity index (χ2v) is 7.28. The van der Waals surface area contributed by atoms with E-state index in [2.05, 4.69) is 53.4 Å². The second-order valence-electron chi connectivity index (χ2n) is 7.28. The number of hydrogen-bond acceptors (Lipinski definition) is 4. The molecular formula is C18H33N5O. The lowest BCUT2D eigenvalue weighted by Gasteiger charge is -2.35. The minimum atomic E-state index is 0.384. The maximum Gasteiger partial charge on any atom is 0.191 e. The van der Waals surface area contributed by atoms with E-state index in [4.69, 9.17) is 4.52 Å². The molecule has 0 radical (unpaired) electrons. The Morgan fingerprint density at radius 3 is 2.79 bits per heavy atom. The quantitative estimate of drug-likeness (QED) is 0.618. The Bertz CT molecular complexity index is 523. The lowest BCUT2D eigenvalue weighted by atomic mass is 9.97. The smallest absolute Gasteiger partial charge is 0.191 e. The molecule has 0 spiro atoms. The minimum absolute atomic E-state index is 0.384. The van der Waals surface area contributed by atoms with Crippen LogP contribution in [0.3, 0.4) is 0 Å². The van der Waals surface area contributed by atoms with Crippen molar-refractivity contribution in [3.05, 3.63) is 17.5 Å². The summed E-state index contributed by atoms with van der Waals surface area (Å²) in [7, 11) is 1.80. The first-order valence-electron chi connectivity index (χ1n) is 9.13. The van der Waals surface area contributed by atoms with E-state index < -0.39 is 0 Å². The molecule has 1 atom stereocenters. The van der Waals surface area contributed by atoms with Gasteiger partial charge in [0, 0.05) is 32.2 Å². The Labute approximate surface area is 146 Å². The molecule has 6 nitrogen and oxygen atoms in total. The number of likely N-dealkylation sites (tertiary alicyclic amines) is 1. The van der Waals surface area contributed by atoms with Gasteiger partial charge in [-0.05, 0) is 45.1 Å². The zero-order valence-corrected chi connectivity index (χ0v) is 15.8. The average molecular weight is 335 g/mol. The molecule has 1 saturated heterocycles. The molecule has 0 bridgehead atoms. The third kappa shape index (κ3) is 5.51. The van der Waals surface area contributed by atoms with E-state index in [0.717, 1.165) is 24.0 Å². The van der Waals surface area contributed by atoms with Crippen LogP contribution in [-0.2, 0) is 6.54 Å². The Morgan fingerprint density at radius 1 is 1.38 bits per heavy atom. The van der Waals surface area contributed by atoms with E-state index in [-0.39, 0.29) is 0 Å². The van der Waals surface area contributed by atoms with Crippen LogP contribution in [-0.4, -0.2) is 48.7 Å². The van der Waals surface area contributed by atoms with E-state index in [1.165, 1.54) is 25.9 Å². The number of hydrogen-bond donors (Lipinski definition) is 2. The van der Waals surface area contributed by atoms with Gasteiger partial charge in [-0.1, -0.05) is 19.0 Å². The summed E-state index contributed by atoms with van der Waals surface area (Å²) in [6.07, 6.45) is 2.57. The summed E-state index contributed by atoms with van der Waals surface area (Å²) in [5, 5.41) is 10.8. The zero-order valence-electron chi connectivity index (χ0n) is 15.8. The van der Waals surface area contributed by atoms with Gasteiger partial charge in [-0.25, -0.2) is 0 Å². The third-order valence-electron chi connectivity index (χ3n) is 4.66. The van der Waals surface area contributed by atoms with Crippen molar-refractivity contribution in [2.75, 3.05) is 26.7 Å². The predicted octanol–water partition coefficient (Wildman–Crippen LogP) is 2.58. The highest BCUT2D eigenvalue weighted by molar-refractivity contribution is 5.79. The number of rotatable bonds is 6. The highest BCUT2D eigenvalue weighted by Gasteiger charge is 2.21. The summed E-state index contributed by atoms with van der Waals surface area (Å²) >= 11 is 0. The van der Waals surface area contributed by atoms with E-state index in [1.54, 1.807) is 7.05 Å². The van der Waals surface area contributed by atoms with Crippen molar-refractivity contribution in [1.29, 1.82) is 0 Å². The highest BCUT2D eigenvalue weighted by atomic mass is 16.5. The number of nitrogens with zero attached hydrogens (tertiary/aromatic N) is 3. The third-order valence-corrected chi connectivity index (χ3v) is 4.66. The largest absolute Gasteiger partial charge is 0.359 e. The molecule has 1 aromatic rings. The minimum Gasteiger partial charge on any atom is -0.359 e. The molecule has 0 aliphatic carbocycles. The van der Waals surface area contributed by atoms with E-state index in [1.807, 2.05) is 6.07 Å². The number of aromatic nitrogens is 1. The summed E-state index contributed by atoms with van der Waals surface area (Å²) in [5.41, 5.74) is 0.991. The SMILES string of the molecule is CN=C(NCc1cc(C(C)C)no1)NCC1CCCN(C(C)C)C1. The van der Waals surface area contributed by atoms with Gasteiger partial charge in [-0.15, -0.1) is 0 Å². The zero-order chi connectivity index (χ0) is 17.5. The molecule has 1 aliphatic rings. The lowest BCUT2D eigenvalue weighted by molar-refractivity contribution is 0.141. The van der Waals surface area contributed by atoms with Crippen LogP contribution >= 0.6 is 0 Å². The van der Waals surface area contributed by atoms with Gasteiger partial charge in [0.2, 0.25) is 0 Å². The van der Waals surface area contributed by atoms with E-state index in [9.17, 15) is 0 Å². The van der Waals surface area contributed by atoms with Gasteiger partial charge in [0.15, 0.2) is 11.7 Å². The number of aliphatic imine (C=N–C) groups is 1. The molecule has 6 heteroatoms. The summed E-state index contributed by atoms with van der Waals surface area (Å²) < 4.78 is 5.35.